The van der Waals surface area contributed by atoms with Gasteiger partial charge in [-0.1, -0.05) is 0 Å². The molecule has 1 heterocycles. The summed E-state index contributed by atoms with van der Waals surface area (Å²) in [5.74, 6) is -1.47. The van der Waals surface area contributed by atoms with Gasteiger partial charge in [0.1, 0.15) is 5.82 Å². The second-order valence-corrected chi connectivity index (χ2v) is 4.73. The first-order chi connectivity index (χ1) is 9.65. The summed E-state index contributed by atoms with van der Waals surface area (Å²) in [5.41, 5.74) is 0. The molecule has 1 N–H and O–H groups in total. The minimum absolute atomic E-state index is 0.134. The fraction of sp³-hybridized carbons (Fsp3) is 0.500. The van der Waals surface area contributed by atoms with Crippen molar-refractivity contribution in [3.8, 4) is 5.75 Å². The largest absolute Gasteiger partial charge is 0.481 e. The van der Waals surface area contributed by atoms with Gasteiger partial charge in [-0.25, -0.2) is 8.78 Å². The average Bonchev–Trinajstić information content (AvgIpc) is 2.91. The van der Waals surface area contributed by atoms with Crippen molar-refractivity contribution in [2.75, 3.05) is 26.4 Å². The van der Waals surface area contributed by atoms with Crippen molar-refractivity contribution in [3.63, 3.8) is 0 Å². The van der Waals surface area contributed by atoms with E-state index in [9.17, 15) is 13.6 Å². The molecule has 0 bridgehead atoms. The van der Waals surface area contributed by atoms with E-state index in [-0.39, 0.29) is 18.3 Å². The van der Waals surface area contributed by atoms with Gasteiger partial charge in [-0.2, -0.15) is 0 Å². The molecule has 0 aromatic heterocycles. The number of halogens is 2. The molecule has 1 atom stereocenters. The highest BCUT2D eigenvalue weighted by molar-refractivity contribution is 5.77. The number of amides is 1. The quantitative estimate of drug-likeness (QED) is 0.868. The summed E-state index contributed by atoms with van der Waals surface area (Å²) in [4.78, 5) is 11.5. The normalized spacial score (nSPS) is 18.0. The molecule has 0 aliphatic carbocycles. The molecule has 1 saturated heterocycles. The number of hydrogen-bond donors (Lipinski definition) is 1. The van der Waals surface area contributed by atoms with Crippen molar-refractivity contribution in [1.82, 2.24) is 5.32 Å². The highest BCUT2D eigenvalue weighted by Crippen LogP contribution is 2.17. The number of carbonyl (C=O) groups excluding carboxylic acids is 1. The Kier molecular flexibility index (Phi) is 5.29. The topological polar surface area (TPSA) is 47.6 Å². The van der Waals surface area contributed by atoms with E-state index in [0.29, 0.717) is 18.5 Å². The Morgan fingerprint density at radius 3 is 3.00 bits per heavy atom. The Labute approximate surface area is 116 Å². The number of rotatable bonds is 6. The number of nitrogens with one attached hydrogen (secondary N) is 1. The summed E-state index contributed by atoms with van der Waals surface area (Å²) < 4.78 is 36.2. The van der Waals surface area contributed by atoms with E-state index in [2.05, 4.69) is 5.32 Å². The predicted molar refractivity (Wildman–Crippen MR) is 68.4 cm³/mol. The molecule has 6 heteroatoms. The fourth-order valence-corrected chi connectivity index (χ4v) is 2.01. The maximum Gasteiger partial charge on any atom is 0.257 e. The molecule has 1 aliphatic heterocycles. The van der Waals surface area contributed by atoms with Crippen LogP contribution in [0.4, 0.5) is 8.78 Å². The van der Waals surface area contributed by atoms with Crippen molar-refractivity contribution in [1.29, 1.82) is 0 Å². The SMILES string of the molecule is O=C(COc1ccc(F)cc1F)NCCC1CCOC1. The van der Waals surface area contributed by atoms with E-state index in [0.717, 1.165) is 38.2 Å². The molecule has 20 heavy (non-hydrogen) atoms. The van der Waals surface area contributed by atoms with Crippen LogP contribution in [0.15, 0.2) is 18.2 Å². The van der Waals surface area contributed by atoms with Crippen molar-refractivity contribution < 1.29 is 23.0 Å². The Balaban J connectivity index is 1.66. The zero-order valence-corrected chi connectivity index (χ0v) is 11.0. The molecule has 1 aromatic carbocycles. The van der Waals surface area contributed by atoms with Gasteiger partial charge in [0.25, 0.3) is 5.91 Å². The first kappa shape index (κ1) is 14.7. The Morgan fingerprint density at radius 2 is 2.30 bits per heavy atom. The second-order valence-electron chi connectivity index (χ2n) is 4.73. The number of ether oxygens (including phenoxy) is 2. The van der Waals surface area contributed by atoms with Crippen LogP contribution in [0, 0.1) is 17.6 Å². The first-order valence-corrected chi connectivity index (χ1v) is 6.57. The zero-order chi connectivity index (χ0) is 14.4. The van der Waals surface area contributed by atoms with Gasteiger partial charge in [0.15, 0.2) is 18.2 Å². The summed E-state index contributed by atoms with van der Waals surface area (Å²) >= 11 is 0. The molecular weight excluding hydrogens is 268 g/mol. The van der Waals surface area contributed by atoms with Gasteiger partial charge >= 0.3 is 0 Å². The number of benzene rings is 1. The molecule has 4 nitrogen and oxygen atoms in total. The minimum atomic E-state index is -0.819. The third-order valence-corrected chi connectivity index (χ3v) is 3.15. The highest BCUT2D eigenvalue weighted by Gasteiger charge is 2.15. The maximum atomic E-state index is 13.2. The summed E-state index contributed by atoms with van der Waals surface area (Å²) in [6, 6.07) is 2.96. The predicted octanol–water partition coefficient (Wildman–Crippen LogP) is 1.89. The van der Waals surface area contributed by atoms with Crippen molar-refractivity contribution >= 4 is 5.91 Å². The van der Waals surface area contributed by atoms with E-state index in [1.54, 1.807) is 0 Å². The van der Waals surface area contributed by atoms with Crippen molar-refractivity contribution in [2.24, 2.45) is 5.92 Å². The van der Waals surface area contributed by atoms with Crippen LogP contribution in [0.5, 0.6) is 5.75 Å². The Bertz CT molecular complexity index is 462. The van der Waals surface area contributed by atoms with E-state index < -0.39 is 11.6 Å². The molecule has 1 amide bonds. The van der Waals surface area contributed by atoms with Gasteiger partial charge in [0.05, 0.1) is 0 Å². The molecule has 1 fully saturated rings. The molecule has 0 saturated carbocycles. The third kappa shape index (κ3) is 4.45. The molecular formula is C14H17F2NO3. The lowest BCUT2D eigenvalue weighted by Crippen LogP contribution is -2.30. The van der Waals surface area contributed by atoms with Crippen LogP contribution in [0.3, 0.4) is 0 Å². The van der Waals surface area contributed by atoms with Crippen molar-refractivity contribution in [2.45, 2.75) is 12.8 Å². The van der Waals surface area contributed by atoms with E-state index in [1.165, 1.54) is 0 Å². The molecule has 1 aliphatic rings. The monoisotopic (exact) mass is 285 g/mol. The van der Waals surface area contributed by atoms with E-state index in [4.69, 9.17) is 9.47 Å². The molecule has 1 unspecified atom stereocenters. The second kappa shape index (κ2) is 7.19. The molecule has 0 radical (unpaired) electrons. The van der Waals surface area contributed by atoms with E-state index >= 15 is 0 Å². The van der Waals surface area contributed by atoms with Crippen LogP contribution in [0.2, 0.25) is 0 Å². The van der Waals surface area contributed by atoms with Crippen LogP contribution in [-0.2, 0) is 9.53 Å². The average molecular weight is 285 g/mol. The van der Waals surface area contributed by atoms with Gasteiger partial charge in [-0.05, 0) is 30.9 Å². The highest BCUT2D eigenvalue weighted by atomic mass is 19.1. The van der Waals surface area contributed by atoms with Gasteiger partial charge in [-0.3, -0.25) is 4.79 Å². The van der Waals surface area contributed by atoms with Gasteiger partial charge < -0.3 is 14.8 Å². The van der Waals surface area contributed by atoms with Crippen LogP contribution in [0.1, 0.15) is 12.8 Å². The molecule has 2 rings (SSSR count). The van der Waals surface area contributed by atoms with Crippen LogP contribution in [-0.4, -0.2) is 32.3 Å². The number of carbonyl (C=O) groups is 1. The smallest absolute Gasteiger partial charge is 0.257 e. The Morgan fingerprint density at radius 1 is 1.45 bits per heavy atom. The van der Waals surface area contributed by atoms with Crippen LogP contribution >= 0.6 is 0 Å². The summed E-state index contributed by atoms with van der Waals surface area (Å²) in [5, 5.41) is 2.69. The van der Waals surface area contributed by atoms with Gasteiger partial charge in [-0.15, -0.1) is 0 Å². The summed E-state index contributed by atoms with van der Waals surface area (Å²) in [6.45, 7) is 1.78. The van der Waals surface area contributed by atoms with Crippen LogP contribution in [0.25, 0.3) is 0 Å². The zero-order valence-electron chi connectivity index (χ0n) is 11.0. The first-order valence-electron chi connectivity index (χ1n) is 6.57. The van der Waals surface area contributed by atoms with E-state index in [1.807, 2.05) is 0 Å². The van der Waals surface area contributed by atoms with Gasteiger partial charge in [0, 0.05) is 25.8 Å². The maximum absolute atomic E-state index is 13.2. The lowest BCUT2D eigenvalue weighted by Gasteiger charge is -2.10. The minimum Gasteiger partial charge on any atom is -0.481 e. The molecule has 110 valence electrons. The van der Waals surface area contributed by atoms with Crippen LogP contribution < -0.4 is 10.1 Å². The molecule has 0 spiro atoms. The Hall–Kier alpha value is -1.69. The lowest BCUT2D eigenvalue weighted by atomic mass is 10.1. The van der Waals surface area contributed by atoms with Crippen molar-refractivity contribution in [3.05, 3.63) is 29.8 Å². The fourth-order valence-electron chi connectivity index (χ4n) is 2.01. The lowest BCUT2D eigenvalue weighted by molar-refractivity contribution is -0.123. The third-order valence-electron chi connectivity index (χ3n) is 3.15. The summed E-state index contributed by atoms with van der Waals surface area (Å²) in [7, 11) is 0. The molecule has 1 aromatic rings. The standard InChI is InChI=1S/C14H17F2NO3/c15-11-1-2-13(12(16)7-11)20-9-14(18)17-5-3-10-4-6-19-8-10/h1-2,7,10H,3-6,8-9H2,(H,17,18). The van der Waals surface area contributed by atoms with Gasteiger partial charge in [0.2, 0.25) is 0 Å². The summed E-state index contributed by atoms with van der Waals surface area (Å²) in [6.07, 6.45) is 1.88. The number of hydrogen-bond acceptors (Lipinski definition) is 3.